The zero-order valence-corrected chi connectivity index (χ0v) is 10.8. The SMILES string of the molecule is Cc1cc(F)ccc1CCNC(=O)CCBr. The van der Waals surface area contributed by atoms with Gasteiger partial charge in [-0.1, -0.05) is 22.0 Å². The van der Waals surface area contributed by atoms with Gasteiger partial charge in [0.1, 0.15) is 5.82 Å². The van der Waals surface area contributed by atoms with Gasteiger partial charge >= 0.3 is 0 Å². The number of carbonyl (C=O) groups excluding carboxylic acids is 1. The van der Waals surface area contributed by atoms with E-state index in [2.05, 4.69) is 21.2 Å². The fraction of sp³-hybridized carbons (Fsp3) is 0.417. The van der Waals surface area contributed by atoms with Gasteiger partial charge in [-0.3, -0.25) is 4.79 Å². The second kappa shape index (κ2) is 6.63. The van der Waals surface area contributed by atoms with Gasteiger partial charge in [-0.25, -0.2) is 4.39 Å². The van der Waals surface area contributed by atoms with Gasteiger partial charge in [-0.2, -0.15) is 0 Å². The molecule has 0 unspecified atom stereocenters. The number of alkyl halides is 1. The van der Waals surface area contributed by atoms with Gasteiger partial charge < -0.3 is 5.32 Å². The molecule has 0 spiro atoms. The Balaban J connectivity index is 2.40. The second-order valence-corrected chi connectivity index (χ2v) is 4.40. The molecule has 0 aromatic heterocycles. The molecule has 0 heterocycles. The average molecular weight is 288 g/mol. The maximum atomic E-state index is 12.8. The van der Waals surface area contributed by atoms with Gasteiger partial charge in [0.2, 0.25) is 5.91 Å². The van der Waals surface area contributed by atoms with Crippen LogP contribution in [0.2, 0.25) is 0 Å². The first kappa shape index (κ1) is 13.2. The molecule has 0 atom stereocenters. The van der Waals surface area contributed by atoms with Crippen molar-refractivity contribution < 1.29 is 9.18 Å². The number of nitrogens with one attached hydrogen (secondary N) is 1. The molecule has 1 N–H and O–H groups in total. The standard InChI is InChI=1S/C12H15BrFNO/c1-9-8-11(14)3-2-10(9)5-7-15-12(16)4-6-13/h2-3,8H,4-7H2,1H3,(H,15,16). The summed E-state index contributed by atoms with van der Waals surface area (Å²) < 4.78 is 12.8. The van der Waals surface area contributed by atoms with E-state index >= 15 is 0 Å². The maximum Gasteiger partial charge on any atom is 0.220 e. The molecule has 4 heteroatoms. The summed E-state index contributed by atoms with van der Waals surface area (Å²) in [6, 6.07) is 4.72. The molecule has 0 aliphatic heterocycles. The first-order chi connectivity index (χ1) is 7.63. The first-order valence-corrected chi connectivity index (χ1v) is 6.33. The molecule has 0 aliphatic carbocycles. The largest absolute Gasteiger partial charge is 0.356 e. The molecule has 16 heavy (non-hydrogen) atoms. The zero-order chi connectivity index (χ0) is 12.0. The van der Waals surface area contributed by atoms with Gasteiger partial charge in [-0.05, 0) is 36.6 Å². The average Bonchev–Trinajstić information content (AvgIpc) is 2.22. The van der Waals surface area contributed by atoms with Crippen LogP contribution in [-0.4, -0.2) is 17.8 Å². The fourth-order valence-electron chi connectivity index (χ4n) is 1.45. The lowest BCUT2D eigenvalue weighted by molar-refractivity contribution is -0.120. The van der Waals surface area contributed by atoms with Crippen LogP contribution in [0.1, 0.15) is 17.5 Å². The van der Waals surface area contributed by atoms with Crippen molar-refractivity contribution in [2.45, 2.75) is 19.8 Å². The predicted molar refractivity (Wildman–Crippen MR) is 66.3 cm³/mol. The third kappa shape index (κ3) is 4.31. The zero-order valence-electron chi connectivity index (χ0n) is 9.22. The van der Waals surface area contributed by atoms with Gasteiger partial charge in [0.15, 0.2) is 0 Å². The van der Waals surface area contributed by atoms with Crippen molar-refractivity contribution in [1.29, 1.82) is 0 Å². The molecule has 0 bridgehead atoms. The minimum atomic E-state index is -0.218. The van der Waals surface area contributed by atoms with Crippen molar-refractivity contribution in [2.75, 3.05) is 11.9 Å². The Kier molecular flexibility index (Phi) is 5.46. The van der Waals surface area contributed by atoms with Gasteiger partial charge in [0.05, 0.1) is 0 Å². The van der Waals surface area contributed by atoms with E-state index in [1.54, 1.807) is 6.07 Å². The molecular formula is C12H15BrFNO. The van der Waals surface area contributed by atoms with Crippen molar-refractivity contribution in [3.05, 3.63) is 35.1 Å². The number of halogens is 2. The smallest absolute Gasteiger partial charge is 0.220 e. The molecule has 0 saturated carbocycles. The van der Waals surface area contributed by atoms with Crippen molar-refractivity contribution in [3.8, 4) is 0 Å². The van der Waals surface area contributed by atoms with Crippen LogP contribution in [0.4, 0.5) is 4.39 Å². The summed E-state index contributed by atoms with van der Waals surface area (Å²) >= 11 is 3.20. The molecular weight excluding hydrogens is 273 g/mol. The van der Waals surface area contributed by atoms with E-state index in [1.165, 1.54) is 12.1 Å². The number of hydrogen-bond acceptors (Lipinski definition) is 1. The van der Waals surface area contributed by atoms with Gasteiger partial charge in [0.25, 0.3) is 0 Å². The summed E-state index contributed by atoms with van der Waals surface area (Å²) in [5, 5.41) is 3.49. The summed E-state index contributed by atoms with van der Waals surface area (Å²) in [5.74, 6) is -0.179. The summed E-state index contributed by atoms with van der Waals surface area (Å²) in [4.78, 5) is 11.2. The van der Waals surface area contributed by atoms with E-state index in [9.17, 15) is 9.18 Å². The van der Waals surface area contributed by atoms with Crippen LogP contribution in [0, 0.1) is 12.7 Å². The predicted octanol–water partition coefficient (Wildman–Crippen LogP) is 2.58. The maximum absolute atomic E-state index is 12.8. The van der Waals surface area contributed by atoms with Crippen molar-refractivity contribution in [2.24, 2.45) is 0 Å². The van der Waals surface area contributed by atoms with Gasteiger partial charge in [0, 0.05) is 18.3 Å². The highest BCUT2D eigenvalue weighted by Gasteiger charge is 2.02. The molecule has 0 saturated heterocycles. The first-order valence-electron chi connectivity index (χ1n) is 5.21. The third-order valence-corrected chi connectivity index (χ3v) is 2.74. The van der Waals surface area contributed by atoms with E-state index in [4.69, 9.17) is 0 Å². The topological polar surface area (TPSA) is 29.1 Å². The number of hydrogen-bond donors (Lipinski definition) is 1. The molecule has 1 rings (SSSR count). The number of rotatable bonds is 5. The lowest BCUT2D eigenvalue weighted by Crippen LogP contribution is -2.25. The molecule has 2 nitrogen and oxygen atoms in total. The minimum absolute atomic E-state index is 0.0386. The van der Waals surface area contributed by atoms with Crippen LogP contribution in [0.5, 0.6) is 0 Å². The summed E-state index contributed by atoms with van der Waals surface area (Å²) in [5.41, 5.74) is 2.00. The number of carbonyl (C=O) groups is 1. The summed E-state index contributed by atoms with van der Waals surface area (Å²) in [7, 11) is 0. The van der Waals surface area contributed by atoms with E-state index < -0.39 is 0 Å². The van der Waals surface area contributed by atoms with Crippen LogP contribution in [0.15, 0.2) is 18.2 Å². The normalized spacial score (nSPS) is 10.2. The van der Waals surface area contributed by atoms with Crippen molar-refractivity contribution in [1.82, 2.24) is 5.32 Å². The number of benzene rings is 1. The Morgan fingerprint density at radius 2 is 2.25 bits per heavy atom. The quantitative estimate of drug-likeness (QED) is 0.829. The summed E-state index contributed by atoms with van der Waals surface area (Å²) in [6.07, 6.45) is 1.22. The lowest BCUT2D eigenvalue weighted by Gasteiger charge is -2.07. The van der Waals surface area contributed by atoms with Crippen LogP contribution >= 0.6 is 15.9 Å². The lowest BCUT2D eigenvalue weighted by atomic mass is 10.1. The van der Waals surface area contributed by atoms with E-state index in [0.717, 1.165) is 17.5 Å². The Morgan fingerprint density at radius 1 is 1.50 bits per heavy atom. The Hall–Kier alpha value is -0.900. The van der Waals surface area contributed by atoms with Crippen LogP contribution in [0.25, 0.3) is 0 Å². The summed E-state index contributed by atoms with van der Waals surface area (Å²) in [6.45, 7) is 2.47. The molecule has 0 aliphatic rings. The third-order valence-electron chi connectivity index (χ3n) is 2.34. The molecule has 1 aromatic rings. The Labute approximate surface area is 103 Å². The second-order valence-electron chi connectivity index (χ2n) is 3.61. The monoisotopic (exact) mass is 287 g/mol. The van der Waals surface area contributed by atoms with Gasteiger partial charge in [-0.15, -0.1) is 0 Å². The van der Waals surface area contributed by atoms with E-state index in [0.29, 0.717) is 18.3 Å². The highest BCUT2D eigenvalue weighted by atomic mass is 79.9. The highest BCUT2D eigenvalue weighted by molar-refractivity contribution is 9.09. The van der Waals surface area contributed by atoms with E-state index in [-0.39, 0.29) is 11.7 Å². The molecule has 0 radical (unpaired) electrons. The number of amides is 1. The molecule has 88 valence electrons. The number of aryl methyl sites for hydroxylation is 1. The fourth-order valence-corrected chi connectivity index (χ4v) is 1.81. The van der Waals surface area contributed by atoms with Crippen molar-refractivity contribution in [3.63, 3.8) is 0 Å². The molecule has 1 amide bonds. The van der Waals surface area contributed by atoms with Crippen molar-refractivity contribution >= 4 is 21.8 Å². The highest BCUT2D eigenvalue weighted by Crippen LogP contribution is 2.10. The minimum Gasteiger partial charge on any atom is -0.356 e. The Morgan fingerprint density at radius 3 is 2.88 bits per heavy atom. The molecule has 1 aromatic carbocycles. The van der Waals surface area contributed by atoms with Crippen LogP contribution in [-0.2, 0) is 11.2 Å². The van der Waals surface area contributed by atoms with Crippen LogP contribution < -0.4 is 5.32 Å². The van der Waals surface area contributed by atoms with E-state index in [1.807, 2.05) is 6.92 Å². The van der Waals surface area contributed by atoms with Crippen LogP contribution in [0.3, 0.4) is 0 Å². The Bertz CT molecular complexity index is 368. The molecule has 0 fully saturated rings.